The highest BCUT2D eigenvalue weighted by molar-refractivity contribution is 7.80. The summed E-state index contributed by atoms with van der Waals surface area (Å²) in [7, 11) is 1.73. The molecule has 0 aliphatic carbocycles. The fourth-order valence-corrected chi connectivity index (χ4v) is 1.86. The number of hydrogen-bond donors (Lipinski definition) is 1. The van der Waals surface area contributed by atoms with Gasteiger partial charge in [0.2, 0.25) is 0 Å². The van der Waals surface area contributed by atoms with Gasteiger partial charge in [0.15, 0.2) is 0 Å². The van der Waals surface area contributed by atoms with Crippen molar-refractivity contribution in [2.45, 2.75) is 25.5 Å². The van der Waals surface area contributed by atoms with E-state index in [-0.39, 0.29) is 6.10 Å². The highest BCUT2D eigenvalue weighted by Crippen LogP contribution is 2.11. The molecule has 1 heterocycles. The van der Waals surface area contributed by atoms with E-state index in [1.54, 1.807) is 7.11 Å². The number of morpholine rings is 1. The van der Waals surface area contributed by atoms with Crippen molar-refractivity contribution in [2.75, 3.05) is 33.4 Å². The predicted molar refractivity (Wildman–Crippen MR) is 64.1 cm³/mol. The molecule has 1 aliphatic heterocycles. The first-order chi connectivity index (χ1) is 7.15. The van der Waals surface area contributed by atoms with Crippen LogP contribution in [0, 0.1) is 0 Å². The summed E-state index contributed by atoms with van der Waals surface area (Å²) in [6.45, 7) is 5.45. The van der Waals surface area contributed by atoms with Crippen LogP contribution in [-0.2, 0) is 9.47 Å². The Balaban J connectivity index is 2.37. The summed E-state index contributed by atoms with van der Waals surface area (Å²) < 4.78 is 10.6. The van der Waals surface area contributed by atoms with Crippen molar-refractivity contribution in [3.63, 3.8) is 0 Å². The van der Waals surface area contributed by atoms with Crippen molar-refractivity contribution in [1.82, 2.24) is 4.90 Å². The zero-order chi connectivity index (χ0) is 11.3. The van der Waals surface area contributed by atoms with Gasteiger partial charge in [-0.05, 0) is 13.3 Å². The summed E-state index contributed by atoms with van der Waals surface area (Å²) in [6.07, 6.45) is 0.944. The molecular weight excluding hydrogens is 212 g/mol. The predicted octanol–water partition coefficient (Wildman–Crippen LogP) is 0.398. The summed E-state index contributed by atoms with van der Waals surface area (Å²) in [5.41, 5.74) is 5.58. The van der Waals surface area contributed by atoms with Gasteiger partial charge >= 0.3 is 0 Å². The van der Waals surface area contributed by atoms with Crippen molar-refractivity contribution in [1.29, 1.82) is 0 Å². The molecule has 2 N–H and O–H groups in total. The van der Waals surface area contributed by atoms with Gasteiger partial charge in [0, 0.05) is 32.8 Å². The molecule has 2 atom stereocenters. The quantitative estimate of drug-likeness (QED) is 0.695. The SMILES string of the molecule is COCCC(C)N1CCOC(C(N)=S)C1. The van der Waals surface area contributed by atoms with Crippen molar-refractivity contribution in [3.8, 4) is 0 Å². The maximum atomic E-state index is 5.58. The van der Waals surface area contributed by atoms with E-state index in [1.807, 2.05) is 0 Å². The highest BCUT2D eigenvalue weighted by atomic mass is 32.1. The molecule has 4 nitrogen and oxygen atoms in total. The van der Waals surface area contributed by atoms with Crippen LogP contribution in [0.25, 0.3) is 0 Å². The van der Waals surface area contributed by atoms with Gasteiger partial charge in [0.05, 0.1) is 6.61 Å². The molecule has 15 heavy (non-hydrogen) atoms. The minimum atomic E-state index is -0.0845. The fourth-order valence-electron chi connectivity index (χ4n) is 1.71. The smallest absolute Gasteiger partial charge is 0.120 e. The lowest BCUT2D eigenvalue weighted by Crippen LogP contribution is -2.50. The molecule has 0 spiro atoms. The summed E-state index contributed by atoms with van der Waals surface area (Å²) in [5, 5.41) is 0. The Kier molecular flexibility index (Phi) is 5.45. The Morgan fingerprint density at radius 2 is 2.47 bits per heavy atom. The van der Waals surface area contributed by atoms with Gasteiger partial charge in [-0.15, -0.1) is 0 Å². The van der Waals surface area contributed by atoms with Crippen LogP contribution in [0.1, 0.15) is 13.3 Å². The Morgan fingerprint density at radius 3 is 3.07 bits per heavy atom. The molecule has 0 radical (unpaired) electrons. The van der Waals surface area contributed by atoms with Crippen molar-refractivity contribution >= 4 is 17.2 Å². The van der Waals surface area contributed by atoms with Crippen LogP contribution in [0.3, 0.4) is 0 Å². The van der Waals surface area contributed by atoms with Gasteiger partial charge in [-0.25, -0.2) is 0 Å². The van der Waals surface area contributed by atoms with Gasteiger partial charge in [-0.1, -0.05) is 12.2 Å². The van der Waals surface area contributed by atoms with Crippen molar-refractivity contribution < 1.29 is 9.47 Å². The topological polar surface area (TPSA) is 47.7 Å². The van der Waals surface area contributed by atoms with Crippen LogP contribution in [-0.4, -0.2) is 55.4 Å². The molecule has 88 valence electrons. The molecule has 0 aromatic carbocycles. The van der Waals surface area contributed by atoms with Gasteiger partial charge in [0.1, 0.15) is 11.1 Å². The summed E-state index contributed by atoms with van der Waals surface area (Å²) >= 11 is 4.94. The lowest BCUT2D eigenvalue weighted by molar-refractivity contribution is -0.0126. The molecule has 1 rings (SSSR count). The zero-order valence-corrected chi connectivity index (χ0v) is 10.3. The highest BCUT2D eigenvalue weighted by Gasteiger charge is 2.25. The summed E-state index contributed by atoms with van der Waals surface area (Å²) in [6, 6.07) is 0.491. The normalized spacial score (nSPS) is 25.1. The molecule has 1 saturated heterocycles. The second-order valence-electron chi connectivity index (χ2n) is 3.89. The number of hydrogen-bond acceptors (Lipinski definition) is 4. The Morgan fingerprint density at radius 1 is 1.73 bits per heavy atom. The Bertz CT molecular complexity index is 214. The lowest BCUT2D eigenvalue weighted by atomic mass is 10.1. The van der Waals surface area contributed by atoms with Crippen LogP contribution >= 0.6 is 12.2 Å². The van der Waals surface area contributed by atoms with E-state index in [2.05, 4.69) is 11.8 Å². The molecule has 0 amide bonds. The number of thiocarbonyl (C=S) groups is 1. The first-order valence-corrected chi connectivity index (χ1v) is 5.70. The third-order valence-corrected chi connectivity index (χ3v) is 3.04. The molecule has 1 aliphatic rings. The maximum Gasteiger partial charge on any atom is 0.120 e. The first kappa shape index (κ1) is 12.8. The van der Waals surface area contributed by atoms with E-state index in [0.29, 0.717) is 17.6 Å². The standard InChI is InChI=1S/C10H20N2O2S/c1-8(3-5-13-2)12-4-6-14-9(7-12)10(11)15/h8-9H,3-7H2,1-2H3,(H2,11,15). The number of nitrogens with two attached hydrogens (primary N) is 1. The van der Waals surface area contributed by atoms with Crippen LogP contribution < -0.4 is 5.73 Å². The van der Waals surface area contributed by atoms with Crippen LogP contribution in [0.4, 0.5) is 0 Å². The second-order valence-corrected chi connectivity index (χ2v) is 4.36. The third kappa shape index (κ3) is 4.03. The number of rotatable bonds is 5. The van der Waals surface area contributed by atoms with E-state index in [9.17, 15) is 0 Å². The van der Waals surface area contributed by atoms with E-state index in [1.165, 1.54) is 0 Å². The molecule has 0 aromatic heterocycles. The number of ether oxygens (including phenoxy) is 2. The van der Waals surface area contributed by atoms with E-state index in [0.717, 1.165) is 26.1 Å². The Hall–Kier alpha value is -0.230. The largest absolute Gasteiger partial charge is 0.391 e. The number of methoxy groups -OCH3 is 1. The summed E-state index contributed by atoms with van der Waals surface area (Å²) in [5.74, 6) is 0. The minimum Gasteiger partial charge on any atom is -0.391 e. The third-order valence-electron chi connectivity index (χ3n) is 2.78. The van der Waals surface area contributed by atoms with E-state index >= 15 is 0 Å². The van der Waals surface area contributed by atoms with Gasteiger partial charge < -0.3 is 15.2 Å². The Labute approximate surface area is 96.7 Å². The monoisotopic (exact) mass is 232 g/mol. The molecule has 0 saturated carbocycles. The molecule has 0 bridgehead atoms. The van der Waals surface area contributed by atoms with Gasteiger partial charge in [-0.2, -0.15) is 0 Å². The van der Waals surface area contributed by atoms with Crippen molar-refractivity contribution in [2.24, 2.45) is 5.73 Å². The molecule has 2 unspecified atom stereocenters. The number of nitrogens with zero attached hydrogens (tertiary/aromatic N) is 1. The minimum absolute atomic E-state index is 0.0845. The molecule has 0 aromatic rings. The fraction of sp³-hybridized carbons (Fsp3) is 0.900. The van der Waals surface area contributed by atoms with Gasteiger partial charge in [0.25, 0.3) is 0 Å². The van der Waals surface area contributed by atoms with Gasteiger partial charge in [-0.3, -0.25) is 4.90 Å². The van der Waals surface area contributed by atoms with E-state index < -0.39 is 0 Å². The van der Waals surface area contributed by atoms with Crippen molar-refractivity contribution in [3.05, 3.63) is 0 Å². The average Bonchev–Trinajstić information content (AvgIpc) is 2.26. The lowest BCUT2D eigenvalue weighted by Gasteiger charge is -2.36. The first-order valence-electron chi connectivity index (χ1n) is 5.29. The average molecular weight is 232 g/mol. The maximum absolute atomic E-state index is 5.58. The van der Waals surface area contributed by atoms with Crippen LogP contribution in [0.5, 0.6) is 0 Å². The zero-order valence-electron chi connectivity index (χ0n) is 9.44. The summed E-state index contributed by atoms with van der Waals surface area (Å²) in [4.78, 5) is 2.81. The molecular formula is C10H20N2O2S. The van der Waals surface area contributed by atoms with E-state index in [4.69, 9.17) is 27.4 Å². The molecule has 1 fully saturated rings. The van der Waals surface area contributed by atoms with Crippen LogP contribution in [0.15, 0.2) is 0 Å². The van der Waals surface area contributed by atoms with Crippen LogP contribution in [0.2, 0.25) is 0 Å². The second kappa shape index (κ2) is 6.37. The molecule has 5 heteroatoms.